The molecule has 0 spiro atoms. The molecule has 0 radical (unpaired) electrons. The van der Waals surface area contributed by atoms with Crippen molar-refractivity contribution in [3.05, 3.63) is 87.2 Å². The number of furan rings is 1. The molecule has 3 aromatic rings. The molecular weight excluding hydrogens is 454 g/mol. The van der Waals surface area contributed by atoms with Gasteiger partial charge in [-0.05, 0) is 66.9 Å². The molecule has 1 aromatic heterocycles. The van der Waals surface area contributed by atoms with Crippen LogP contribution >= 0.6 is 35.6 Å². The van der Waals surface area contributed by atoms with Gasteiger partial charge in [-0.1, -0.05) is 53.8 Å². The molecule has 4 rings (SSSR count). The second kappa shape index (κ2) is 8.70. The standard InChI is InChI=1S/C23H16ClNO4S2/c1-13-5-3-6-17(14(13)2)25-21(26)20(31-23(25)30)12-15-8-9-18(16(24)11-15)29-22(27)19-7-4-10-28-19/h3-12H,1-2H3/b20-12-. The number of amides is 1. The van der Waals surface area contributed by atoms with Crippen molar-refractivity contribution in [1.29, 1.82) is 0 Å². The molecule has 5 nitrogen and oxygen atoms in total. The Bertz CT molecular complexity index is 1230. The summed E-state index contributed by atoms with van der Waals surface area (Å²) in [5.74, 6) is -0.555. The number of halogens is 1. The van der Waals surface area contributed by atoms with E-state index in [0.717, 1.165) is 16.8 Å². The second-order valence-corrected chi connectivity index (χ2v) is 8.88. The molecule has 2 heterocycles. The summed E-state index contributed by atoms with van der Waals surface area (Å²) in [7, 11) is 0. The fourth-order valence-corrected chi connectivity index (χ4v) is 4.55. The maximum absolute atomic E-state index is 13.0. The molecule has 1 aliphatic heterocycles. The predicted molar refractivity (Wildman–Crippen MR) is 127 cm³/mol. The zero-order valence-corrected chi connectivity index (χ0v) is 18.9. The van der Waals surface area contributed by atoms with Crippen LogP contribution in [-0.2, 0) is 4.79 Å². The quantitative estimate of drug-likeness (QED) is 0.197. The minimum atomic E-state index is -0.644. The molecule has 0 aliphatic carbocycles. The first kappa shape index (κ1) is 21.4. The minimum absolute atomic E-state index is 0.0789. The molecule has 0 atom stereocenters. The summed E-state index contributed by atoms with van der Waals surface area (Å²) in [6.45, 7) is 3.96. The third-order valence-electron chi connectivity index (χ3n) is 4.79. The first-order valence-electron chi connectivity index (χ1n) is 9.24. The van der Waals surface area contributed by atoms with Crippen LogP contribution in [0.25, 0.3) is 6.08 Å². The lowest BCUT2D eigenvalue weighted by Crippen LogP contribution is -2.28. The van der Waals surface area contributed by atoms with Crippen LogP contribution in [0, 0.1) is 13.8 Å². The molecular formula is C23H16ClNO4S2. The van der Waals surface area contributed by atoms with Crippen molar-refractivity contribution < 1.29 is 18.7 Å². The highest BCUT2D eigenvalue weighted by molar-refractivity contribution is 8.27. The Balaban J connectivity index is 1.57. The van der Waals surface area contributed by atoms with Crippen LogP contribution in [0.1, 0.15) is 27.2 Å². The smallest absolute Gasteiger partial charge is 0.379 e. The van der Waals surface area contributed by atoms with Gasteiger partial charge in [0.1, 0.15) is 5.75 Å². The van der Waals surface area contributed by atoms with Crippen molar-refractivity contribution in [2.75, 3.05) is 4.90 Å². The fraction of sp³-hybridized carbons (Fsp3) is 0.0870. The number of benzene rings is 2. The van der Waals surface area contributed by atoms with E-state index in [-0.39, 0.29) is 22.4 Å². The first-order valence-corrected chi connectivity index (χ1v) is 10.8. The van der Waals surface area contributed by atoms with Gasteiger partial charge >= 0.3 is 5.97 Å². The van der Waals surface area contributed by atoms with E-state index in [2.05, 4.69) is 0 Å². The maximum Gasteiger partial charge on any atom is 0.379 e. The highest BCUT2D eigenvalue weighted by atomic mass is 35.5. The van der Waals surface area contributed by atoms with Gasteiger partial charge in [0.15, 0.2) is 4.32 Å². The molecule has 1 saturated heterocycles. The molecule has 1 aliphatic rings. The number of carbonyl (C=O) groups excluding carboxylic acids is 2. The van der Waals surface area contributed by atoms with Gasteiger partial charge in [0.05, 0.1) is 21.9 Å². The Labute approximate surface area is 193 Å². The number of anilines is 1. The van der Waals surface area contributed by atoms with E-state index in [1.807, 2.05) is 32.0 Å². The van der Waals surface area contributed by atoms with E-state index >= 15 is 0 Å². The Kier molecular flexibility index (Phi) is 6.00. The van der Waals surface area contributed by atoms with Crippen LogP contribution in [0.3, 0.4) is 0 Å². The third kappa shape index (κ3) is 4.30. The molecule has 1 amide bonds. The van der Waals surface area contributed by atoms with E-state index in [1.54, 1.807) is 35.2 Å². The number of hydrogen-bond acceptors (Lipinski definition) is 6. The number of aryl methyl sites for hydroxylation is 1. The molecule has 2 aromatic carbocycles. The van der Waals surface area contributed by atoms with E-state index in [4.69, 9.17) is 33.0 Å². The number of thioether (sulfide) groups is 1. The van der Waals surface area contributed by atoms with Gasteiger partial charge in [0.2, 0.25) is 5.76 Å². The average Bonchev–Trinajstić information content (AvgIpc) is 3.36. The van der Waals surface area contributed by atoms with Gasteiger partial charge in [-0.15, -0.1) is 0 Å². The van der Waals surface area contributed by atoms with Gasteiger partial charge in [-0.3, -0.25) is 9.69 Å². The molecule has 0 saturated carbocycles. The van der Waals surface area contributed by atoms with Crippen LogP contribution in [0.2, 0.25) is 5.02 Å². The highest BCUT2D eigenvalue weighted by Crippen LogP contribution is 2.38. The zero-order valence-electron chi connectivity index (χ0n) is 16.5. The number of ether oxygens (including phenoxy) is 1. The lowest BCUT2D eigenvalue weighted by molar-refractivity contribution is -0.113. The Hall–Kier alpha value is -2.87. The zero-order chi connectivity index (χ0) is 22.1. The van der Waals surface area contributed by atoms with Gasteiger partial charge in [0, 0.05) is 0 Å². The summed E-state index contributed by atoms with van der Waals surface area (Å²) >= 11 is 13.0. The Morgan fingerprint density at radius 2 is 2.00 bits per heavy atom. The minimum Gasteiger partial charge on any atom is -0.457 e. The number of nitrogens with zero attached hydrogens (tertiary/aromatic N) is 1. The maximum atomic E-state index is 13.0. The molecule has 1 fully saturated rings. The summed E-state index contributed by atoms with van der Waals surface area (Å²) in [5.41, 5.74) is 3.56. The van der Waals surface area contributed by atoms with E-state index in [0.29, 0.717) is 14.8 Å². The van der Waals surface area contributed by atoms with Crippen LogP contribution in [0.5, 0.6) is 5.75 Å². The normalized spacial score (nSPS) is 15.1. The van der Waals surface area contributed by atoms with Crippen LogP contribution in [0.4, 0.5) is 5.69 Å². The van der Waals surface area contributed by atoms with Crippen LogP contribution in [0.15, 0.2) is 64.1 Å². The number of hydrogen-bond donors (Lipinski definition) is 0. The van der Waals surface area contributed by atoms with Crippen molar-refractivity contribution in [2.24, 2.45) is 0 Å². The number of carbonyl (C=O) groups is 2. The third-order valence-corrected chi connectivity index (χ3v) is 6.39. The monoisotopic (exact) mass is 469 g/mol. The molecule has 8 heteroatoms. The van der Waals surface area contributed by atoms with E-state index in [1.165, 1.54) is 24.1 Å². The predicted octanol–water partition coefficient (Wildman–Crippen LogP) is 6.17. The molecule has 0 unspecified atom stereocenters. The van der Waals surface area contributed by atoms with Crippen LogP contribution in [-0.4, -0.2) is 16.2 Å². The number of esters is 1. The Morgan fingerprint density at radius 1 is 1.19 bits per heavy atom. The molecule has 31 heavy (non-hydrogen) atoms. The van der Waals surface area contributed by atoms with Gasteiger partial charge in [0.25, 0.3) is 5.91 Å². The van der Waals surface area contributed by atoms with Crippen LogP contribution < -0.4 is 9.64 Å². The Morgan fingerprint density at radius 3 is 2.71 bits per heavy atom. The summed E-state index contributed by atoms with van der Waals surface area (Å²) < 4.78 is 10.8. The van der Waals surface area contributed by atoms with E-state index < -0.39 is 5.97 Å². The largest absolute Gasteiger partial charge is 0.457 e. The number of rotatable bonds is 4. The van der Waals surface area contributed by atoms with Crippen molar-refractivity contribution in [3.63, 3.8) is 0 Å². The van der Waals surface area contributed by atoms with E-state index in [9.17, 15) is 9.59 Å². The summed E-state index contributed by atoms with van der Waals surface area (Å²) in [4.78, 5) is 27.1. The lowest BCUT2D eigenvalue weighted by Gasteiger charge is -2.18. The summed E-state index contributed by atoms with van der Waals surface area (Å²) in [5, 5.41) is 0.235. The van der Waals surface area contributed by atoms with Crippen molar-refractivity contribution in [2.45, 2.75) is 13.8 Å². The van der Waals surface area contributed by atoms with Gasteiger partial charge in [-0.25, -0.2) is 4.79 Å². The summed E-state index contributed by atoms with van der Waals surface area (Å²) in [6.07, 6.45) is 3.10. The average molecular weight is 470 g/mol. The molecule has 156 valence electrons. The molecule has 0 bridgehead atoms. The van der Waals surface area contributed by atoms with Gasteiger partial charge < -0.3 is 9.15 Å². The summed E-state index contributed by atoms with van der Waals surface area (Å²) in [6, 6.07) is 13.8. The molecule has 0 N–H and O–H groups in total. The first-order chi connectivity index (χ1) is 14.8. The number of thiocarbonyl (C=S) groups is 1. The van der Waals surface area contributed by atoms with Crippen molar-refractivity contribution >= 4 is 63.5 Å². The lowest BCUT2D eigenvalue weighted by atomic mass is 10.1. The second-order valence-electron chi connectivity index (χ2n) is 6.79. The van der Waals surface area contributed by atoms with Gasteiger partial charge in [-0.2, -0.15) is 0 Å². The fourth-order valence-electron chi connectivity index (χ4n) is 3.04. The topological polar surface area (TPSA) is 59.8 Å². The van der Waals surface area contributed by atoms with Crippen molar-refractivity contribution in [3.8, 4) is 5.75 Å². The SMILES string of the molecule is Cc1cccc(N2C(=O)/C(=C/c3ccc(OC(=O)c4ccco4)c(Cl)c3)SC2=S)c1C. The highest BCUT2D eigenvalue weighted by Gasteiger charge is 2.34. The van der Waals surface area contributed by atoms with Crippen molar-refractivity contribution in [1.82, 2.24) is 0 Å².